The number of hydrogen-bond acceptors (Lipinski definition) is 5. The summed E-state index contributed by atoms with van der Waals surface area (Å²) in [6.07, 6.45) is 1.30. The zero-order valence-electron chi connectivity index (χ0n) is 16.3. The third-order valence-corrected chi connectivity index (χ3v) is 4.71. The van der Waals surface area contributed by atoms with Crippen LogP contribution in [0.2, 0.25) is 0 Å². The highest BCUT2D eigenvalue weighted by Crippen LogP contribution is 2.30. The molecule has 0 aliphatic carbocycles. The third-order valence-electron chi connectivity index (χ3n) is 4.71. The minimum atomic E-state index is -0.480. The van der Waals surface area contributed by atoms with Gasteiger partial charge in [-0.1, -0.05) is 12.1 Å². The molecular weight excluding hydrogens is 372 g/mol. The van der Waals surface area contributed by atoms with Crippen molar-refractivity contribution in [1.29, 1.82) is 0 Å². The van der Waals surface area contributed by atoms with Gasteiger partial charge in [-0.2, -0.15) is 0 Å². The first-order chi connectivity index (χ1) is 14.0. The maximum absolute atomic E-state index is 12.7. The number of para-hydroxylation sites is 2. The molecule has 1 aliphatic rings. The number of aromatic nitrogens is 2. The van der Waals surface area contributed by atoms with Gasteiger partial charge in [0.05, 0.1) is 11.9 Å². The monoisotopic (exact) mass is 394 g/mol. The summed E-state index contributed by atoms with van der Waals surface area (Å²) in [4.78, 5) is 29.6. The maximum atomic E-state index is 12.7. The van der Waals surface area contributed by atoms with Gasteiger partial charge in [0.1, 0.15) is 17.9 Å². The molecule has 0 fully saturated rings. The Balaban J connectivity index is 1.45. The van der Waals surface area contributed by atoms with Gasteiger partial charge < -0.3 is 24.7 Å². The number of fused-ring (bicyclic) bond motifs is 2. The summed E-state index contributed by atoms with van der Waals surface area (Å²) in [5.74, 6) is 1.34. The Morgan fingerprint density at radius 1 is 1.24 bits per heavy atom. The Kier molecular flexibility index (Phi) is 5.07. The molecule has 0 bridgehead atoms. The van der Waals surface area contributed by atoms with Crippen molar-refractivity contribution >= 4 is 22.8 Å². The molecule has 150 valence electrons. The molecule has 1 aromatic carbocycles. The van der Waals surface area contributed by atoms with Crippen LogP contribution in [-0.2, 0) is 6.54 Å². The molecule has 3 aromatic rings. The van der Waals surface area contributed by atoms with E-state index in [9.17, 15) is 9.59 Å². The van der Waals surface area contributed by atoms with Gasteiger partial charge in [-0.05, 0) is 38.1 Å². The van der Waals surface area contributed by atoms with Gasteiger partial charge in [0.2, 0.25) is 5.43 Å². The number of carbonyl (C=O) groups excluding carboxylic acids is 1. The van der Waals surface area contributed by atoms with E-state index < -0.39 is 6.03 Å². The van der Waals surface area contributed by atoms with Gasteiger partial charge in [0.25, 0.3) is 0 Å². The first-order valence-corrected chi connectivity index (χ1v) is 9.49. The van der Waals surface area contributed by atoms with E-state index >= 15 is 0 Å². The van der Waals surface area contributed by atoms with Crippen LogP contribution in [0, 0.1) is 6.92 Å². The highest BCUT2D eigenvalue weighted by molar-refractivity contribution is 5.91. The maximum Gasteiger partial charge on any atom is 0.319 e. The van der Waals surface area contributed by atoms with Crippen molar-refractivity contribution in [2.75, 3.05) is 18.5 Å². The number of nitrogens with zero attached hydrogens (tertiary/aromatic N) is 2. The van der Waals surface area contributed by atoms with E-state index in [0.717, 1.165) is 5.69 Å². The Labute approximate surface area is 167 Å². The first-order valence-electron chi connectivity index (χ1n) is 9.49. The van der Waals surface area contributed by atoms with Gasteiger partial charge >= 0.3 is 6.03 Å². The van der Waals surface area contributed by atoms with Crippen molar-refractivity contribution in [1.82, 2.24) is 14.9 Å². The summed E-state index contributed by atoms with van der Waals surface area (Å²) in [6.45, 7) is 5.03. The summed E-state index contributed by atoms with van der Waals surface area (Å²) in [5.41, 5.74) is 1.37. The number of pyridine rings is 2. The van der Waals surface area contributed by atoms with E-state index in [1.54, 1.807) is 18.3 Å². The molecule has 1 atom stereocenters. The predicted molar refractivity (Wildman–Crippen MR) is 110 cm³/mol. The topological polar surface area (TPSA) is 94.5 Å². The van der Waals surface area contributed by atoms with Crippen LogP contribution in [0.1, 0.15) is 12.6 Å². The predicted octanol–water partition coefficient (Wildman–Crippen LogP) is 2.69. The van der Waals surface area contributed by atoms with Crippen LogP contribution in [0.5, 0.6) is 11.5 Å². The van der Waals surface area contributed by atoms with E-state index in [2.05, 4.69) is 15.6 Å². The van der Waals surface area contributed by atoms with E-state index in [1.165, 1.54) is 0 Å². The molecule has 3 heterocycles. The van der Waals surface area contributed by atoms with Crippen LogP contribution in [0.4, 0.5) is 10.5 Å². The van der Waals surface area contributed by atoms with Crippen molar-refractivity contribution in [3.63, 3.8) is 0 Å². The van der Waals surface area contributed by atoms with Gasteiger partial charge in [-0.15, -0.1) is 0 Å². The van der Waals surface area contributed by atoms with Crippen molar-refractivity contribution in [3.8, 4) is 11.5 Å². The first kappa shape index (κ1) is 18.8. The molecule has 0 spiro atoms. The number of benzene rings is 1. The molecule has 8 heteroatoms. The normalized spacial score (nSPS) is 15.2. The molecule has 1 aliphatic heterocycles. The van der Waals surface area contributed by atoms with Crippen molar-refractivity contribution < 1.29 is 14.3 Å². The lowest BCUT2D eigenvalue weighted by Crippen LogP contribution is -2.42. The van der Waals surface area contributed by atoms with Gasteiger partial charge in [-0.3, -0.25) is 4.79 Å². The lowest BCUT2D eigenvalue weighted by molar-refractivity contribution is 0.0922. The second-order valence-corrected chi connectivity index (χ2v) is 6.81. The number of carbonyl (C=O) groups is 1. The molecule has 29 heavy (non-hydrogen) atoms. The Morgan fingerprint density at radius 3 is 2.83 bits per heavy atom. The number of urea groups is 1. The Morgan fingerprint density at radius 2 is 2.03 bits per heavy atom. The molecule has 2 N–H and O–H groups in total. The molecule has 0 saturated heterocycles. The zero-order chi connectivity index (χ0) is 20.4. The molecule has 0 saturated carbocycles. The minimum Gasteiger partial charge on any atom is -0.486 e. The number of hydrogen-bond donors (Lipinski definition) is 2. The van der Waals surface area contributed by atoms with Gasteiger partial charge in [0, 0.05) is 18.4 Å². The average Bonchev–Trinajstić information content (AvgIpc) is 2.74. The van der Waals surface area contributed by atoms with E-state index in [4.69, 9.17) is 9.47 Å². The Hall–Kier alpha value is -3.55. The van der Waals surface area contributed by atoms with E-state index in [0.29, 0.717) is 35.7 Å². The third kappa shape index (κ3) is 3.87. The highest BCUT2D eigenvalue weighted by atomic mass is 16.6. The van der Waals surface area contributed by atoms with Crippen LogP contribution in [-0.4, -0.2) is 34.8 Å². The summed E-state index contributed by atoms with van der Waals surface area (Å²) in [6, 6.07) is 10.4. The van der Waals surface area contributed by atoms with E-state index in [1.807, 2.05) is 42.7 Å². The van der Waals surface area contributed by atoms with Crippen LogP contribution in [0.3, 0.4) is 0 Å². The van der Waals surface area contributed by atoms with Crippen LogP contribution >= 0.6 is 0 Å². The van der Waals surface area contributed by atoms with Crippen LogP contribution in [0.25, 0.3) is 11.0 Å². The quantitative estimate of drug-likeness (QED) is 0.710. The standard InChI is InChI=1S/C21H22N4O4/c1-3-25-11-16(19(26)15-9-8-13(2)23-20(15)25)24-21(27)22-10-14-12-28-17-6-4-5-7-18(17)29-14/h4-9,11,14H,3,10,12H2,1-2H3,(H2,22,24,27). The smallest absolute Gasteiger partial charge is 0.319 e. The lowest BCUT2D eigenvalue weighted by atomic mass is 10.2. The van der Waals surface area contributed by atoms with Crippen LogP contribution < -0.4 is 25.5 Å². The largest absolute Gasteiger partial charge is 0.486 e. The molecule has 1 unspecified atom stereocenters. The van der Waals surface area contributed by atoms with Crippen LogP contribution in [0.15, 0.2) is 47.4 Å². The van der Waals surface area contributed by atoms with Crippen molar-refractivity contribution in [2.24, 2.45) is 0 Å². The fraction of sp³-hybridized carbons (Fsp3) is 0.286. The summed E-state index contributed by atoms with van der Waals surface area (Å²) >= 11 is 0. The number of ether oxygens (including phenoxy) is 2. The summed E-state index contributed by atoms with van der Waals surface area (Å²) in [7, 11) is 0. The zero-order valence-corrected chi connectivity index (χ0v) is 16.3. The second kappa shape index (κ2) is 7.83. The number of aryl methyl sites for hydroxylation is 2. The number of nitrogens with one attached hydrogen (secondary N) is 2. The molecule has 0 radical (unpaired) electrons. The Bertz CT molecular complexity index is 1130. The molecule has 4 rings (SSSR count). The van der Waals surface area contributed by atoms with Gasteiger partial charge in [-0.25, -0.2) is 9.78 Å². The lowest BCUT2D eigenvalue weighted by Gasteiger charge is -2.26. The molecular formula is C21H22N4O4. The number of rotatable bonds is 4. The summed E-state index contributed by atoms with van der Waals surface area (Å²) < 4.78 is 13.3. The van der Waals surface area contributed by atoms with E-state index in [-0.39, 0.29) is 23.8 Å². The second-order valence-electron chi connectivity index (χ2n) is 6.81. The minimum absolute atomic E-state index is 0.202. The number of amides is 2. The van der Waals surface area contributed by atoms with Crippen molar-refractivity contribution in [2.45, 2.75) is 26.5 Å². The molecule has 8 nitrogen and oxygen atoms in total. The van der Waals surface area contributed by atoms with Gasteiger partial charge in [0.15, 0.2) is 17.6 Å². The number of anilines is 1. The van der Waals surface area contributed by atoms with Crippen molar-refractivity contribution in [3.05, 3.63) is 58.5 Å². The fourth-order valence-electron chi connectivity index (χ4n) is 3.23. The summed E-state index contributed by atoms with van der Waals surface area (Å²) in [5, 5.41) is 5.85. The highest BCUT2D eigenvalue weighted by Gasteiger charge is 2.21. The fourth-order valence-corrected chi connectivity index (χ4v) is 3.23. The molecule has 2 aromatic heterocycles. The average molecular weight is 394 g/mol. The molecule has 2 amide bonds. The SMILES string of the molecule is CCn1cc(NC(=O)NCC2COc3ccccc3O2)c(=O)c2ccc(C)nc21.